The highest BCUT2D eigenvalue weighted by Gasteiger charge is 2.20. The number of pyridine rings is 1. The van der Waals surface area contributed by atoms with Gasteiger partial charge in [0.2, 0.25) is 11.0 Å². The van der Waals surface area contributed by atoms with Crippen molar-refractivity contribution in [3.63, 3.8) is 0 Å². The second kappa shape index (κ2) is 4.45. The largest absolute Gasteiger partial charge is 0.338 e. The van der Waals surface area contributed by atoms with Gasteiger partial charge in [0.25, 0.3) is 0 Å². The summed E-state index contributed by atoms with van der Waals surface area (Å²) in [5.74, 6) is 0. The Morgan fingerprint density at radius 3 is 2.67 bits per heavy atom. The van der Waals surface area contributed by atoms with E-state index in [1.807, 2.05) is 6.08 Å². The van der Waals surface area contributed by atoms with Gasteiger partial charge < -0.3 is 4.57 Å². The molecule has 0 spiro atoms. The molecule has 0 aliphatic rings. The van der Waals surface area contributed by atoms with Crippen molar-refractivity contribution in [2.75, 3.05) is 0 Å². The first-order chi connectivity index (χ1) is 10.3. The molecular weight excluding hydrogens is 256 g/mol. The van der Waals surface area contributed by atoms with Crippen LogP contribution in [0.4, 0.5) is 0 Å². The van der Waals surface area contributed by atoms with E-state index in [1.54, 1.807) is 0 Å². The number of nitrogens with zero attached hydrogens (tertiary/aromatic N) is 2. The van der Waals surface area contributed by atoms with Crippen molar-refractivity contribution in [3.8, 4) is 0 Å². The fourth-order valence-corrected chi connectivity index (χ4v) is 3.28. The summed E-state index contributed by atoms with van der Waals surface area (Å²) < 4.78 is 4.64. The fourth-order valence-electron chi connectivity index (χ4n) is 3.28. The van der Waals surface area contributed by atoms with E-state index in [1.165, 1.54) is 32.8 Å². The lowest BCUT2D eigenvalue weighted by molar-refractivity contribution is -0.633. The number of allylic oxidation sites excluding steroid dienone is 1. The van der Waals surface area contributed by atoms with E-state index < -0.39 is 0 Å². The third-order valence-corrected chi connectivity index (χ3v) is 4.23. The topological polar surface area (TPSA) is 8.81 Å². The lowest BCUT2D eigenvalue weighted by atomic mass is 10.1. The molecule has 4 aromatic rings. The third kappa shape index (κ3) is 1.62. The van der Waals surface area contributed by atoms with Gasteiger partial charge in [0.15, 0.2) is 6.54 Å². The summed E-state index contributed by atoms with van der Waals surface area (Å²) in [4.78, 5) is 0. The van der Waals surface area contributed by atoms with Gasteiger partial charge in [-0.2, -0.15) is 4.57 Å². The molecule has 4 rings (SSSR count). The predicted octanol–water partition coefficient (Wildman–Crippen LogP) is 3.96. The van der Waals surface area contributed by atoms with Crippen molar-refractivity contribution >= 4 is 32.8 Å². The molecule has 0 saturated carbocycles. The van der Waals surface area contributed by atoms with Crippen molar-refractivity contribution in [1.29, 1.82) is 0 Å². The van der Waals surface area contributed by atoms with E-state index >= 15 is 0 Å². The maximum Gasteiger partial charge on any atom is 0.239 e. The normalized spacial score (nSPS) is 11.5. The number of fused-ring (bicyclic) bond motifs is 4. The molecule has 0 aliphatic heterocycles. The Morgan fingerprint density at radius 2 is 1.81 bits per heavy atom. The molecule has 0 N–H and O–H groups in total. The molecule has 2 heteroatoms. The van der Waals surface area contributed by atoms with Crippen molar-refractivity contribution in [1.82, 2.24) is 4.57 Å². The van der Waals surface area contributed by atoms with E-state index in [0.717, 1.165) is 6.54 Å². The van der Waals surface area contributed by atoms with E-state index in [9.17, 15) is 0 Å². The molecule has 21 heavy (non-hydrogen) atoms. The Balaban J connectivity index is 2.33. The fraction of sp³-hybridized carbons (Fsp3) is 0.105. The van der Waals surface area contributed by atoms with Crippen LogP contribution in [0.5, 0.6) is 0 Å². The molecule has 0 aliphatic carbocycles. The Hall–Kier alpha value is -2.61. The van der Waals surface area contributed by atoms with E-state index in [-0.39, 0.29) is 0 Å². The van der Waals surface area contributed by atoms with E-state index in [4.69, 9.17) is 0 Å². The SMILES string of the molecule is C=CC[n+]1c2ccccc2cc2c1c1ccccc1n2C. The zero-order valence-electron chi connectivity index (χ0n) is 12.1. The highest BCUT2D eigenvalue weighted by atomic mass is 15.0. The highest BCUT2D eigenvalue weighted by molar-refractivity contribution is 6.06. The Labute approximate surface area is 123 Å². The van der Waals surface area contributed by atoms with Crippen molar-refractivity contribution in [2.24, 2.45) is 7.05 Å². The van der Waals surface area contributed by atoms with Gasteiger partial charge in [-0.3, -0.25) is 0 Å². The summed E-state index contributed by atoms with van der Waals surface area (Å²) in [6.45, 7) is 4.74. The maximum atomic E-state index is 3.93. The first-order valence-corrected chi connectivity index (χ1v) is 7.21. The second-order valence-electron chi connectivity index (χ2n) is 5.41. The Morgan fingerprint density at radius 1 is 1.05 bits per heavy atom. The molecule has 0 atom stereocenters. The van der Waals surface area contributed by atoms with Gasteiger partial charge in [-0.1, -0.05) is 30.8 Å². The van der Waals surface area contributed by atoms with E-state index in [2.05, 4.69) is 77.4 Å². The number of aromatic nitrogens is 2. The zero-order chi connectivity index (χ0) is 14.4. The van der Waals surface area contributed by atoms with Gasteiger partial charge in [-0.15, -0.1) is 0 Å². The van der Waals surface area contributed by atoms with Gasteiger partial charge in [-0.05, 0) is 30.3 Å². The summed E-state index contributed by atoms with van der Waals surface area (Å²) in [5.41, 5.74) is 5.06. The molecule has 102 valence electrons. The zero-order valence-corrected chi connectivity index (χ0v) is 12.1. The molecular formula is C19H17N2+. The summed E-state index contributed by atoms with van der Waals surface area (Å²) in [5, 5.41) is 2.56. The average Bonchev–Trinajstić information content (AvgIpc) is 2.81. The Kier molecular flexibility index (Phi) is 2.58. The minimum Gasteiger partial charge on any atom is -0.338 e. The summed E-state index contributed by atoms with van der Waals surface area (Å²) in [6, 6.07) is 19.4. The van der Waals surface area contributed by atoms with Crippen molar-refractivity contribution in [2.45, 2.75) is 6.54 Å². The molecule has 0 unspecified atom stereocenters. The van der Waals surface area contributed by atoms with Crippen molar-refractivity contribution < 1.29 is 4.57 Å². The standard InChI is InChI=1S/C19H17N2/c1-3-12-21-16-10-6-4-8-14(16)13-18-19(21)15-9-5-7-11-17(15)20(18)2/h3-11,13H,1,12H2,2H3/q+1. The molecule has 2 aromatic carbocycles. The van der Waals surface area contributed by atoms with Crippen LogP contribution in [0.3, 0.4) is 0 Å². The second-order valence-corrected chi connectivity index (χ2v) is 5.41. The van der Waals surface area contributed by atoms with Crippen LogP contribution in [-0.2, 0) is 13.6 Å². The van der Waals surface area contributed by atoms with Crippen molar-refractivity contribution in [3.05, 3.63) is 67.3 Å². The smallest absolute Gasteiger partial charge is 0.239 e. The lowest BCUT2D eigenvalue weighted by Crippen LogP contribution is -2.34. The van der Waals surface area contributed by atoms with E-state index in [0.29, 0.717) is 0 Å². The van der Waals surface area contributed by atoms with Crippen LogP contribution in [-0.4, -0.2) is 4.57 Å². The first-order valence-electron chi connectivity index (χ1n) is 7.21. The Bertz CT molecular complexity index is 993. The number of rotatable bonds is 2. The number of hydrogen-bond acceptors (Lipinski definition) is 0. The maximum absolute atomic E-state index is 3.93. The highest BCUT2D eigenvalue weighted by Crippen LogP contribution is 2.28. The number of para-hydroxylation sites is 2. The van der Waals surface area contributed by atoms with Crippen LogP contribution in [0.25, 0.3) is 32.8 Å². The summed E-state index contributed by atoms with van der Waals surface area (Å²) in [7, 11) is 2.14. The van der Waals surface area contributed by atoms with Crippen LogP contribution < -0.4 is 4.57 Å². The average molecular weight is 273 g/mol. The number of hydrogen-bond donors (Lipinski definition) is 0. The van der Waals surface area contributed by atoms with Gasteiger partial charge >= 0.3 is 0 Å². The van der Waals surface area contributed by atoms with Crippen LogP contribution in [0.15, 0.2) is 67.3 Å². The number of benzene rings is 2. The van der Waals surface area contributed by atoms with Crippen LogP contribution in [0.1, 0.15) is 0 Å². The molecule has 0 radical (unpaired) electrons. The lowest BCUT2D eigenvalue weighted by Gasteiger charge is -2.02. The molecule has 0 saturated heterocycles. The third-order valence-electron chi connectivity index (χ3n) is 4.23. The monoisotopic (exact) mass is 273 g/mol. The van der Waals surface area contributed by atoms with Crippen LogP contribution in [0.2, 0.25) is 0 Å². The predicted molar refractivity (Wildman–Crippen MR) is 88.3 cm³/mol. The van der Waals surface area contributed by atoms with Crippen LogP contribution >= 0.6 is 0 Å². The van der Waals surface area contributed by atoms with Gasteiger partial charge in [-0.25, -0.2) is 0 Å². The summed E-state index contributed by atoms with van der Waals surface area (Å²) in [6.07, 6.45) is 1.97. The minimum absolute atomic E-state index is 0.811. The minimum atomic E-state index is 0.811. The molecule has 2 nitrogen and oxygen atoms in total. The quantitative estimate of drug-likeness (QED) is 0.386. The van der Waals surface area contributed by atoms with Gasteiger partial charge in [0.05, 0.1) is 10.9 Å². The molecule has 2 heterocycles. The number of aryl methyl sites for hydroxylation is 1. The molecule has 0 amide bonds. The summed E-state index contributed by atoms with van der Waals surface area (Å²) >= 11 is 0. The molecule has 2 aromatic heterocycles. The van der Waals surface area contributed by atoms with Gasteiger partial charge in [0.1, 0.15) is 5.52 Å². The van der Waals surface area contributed by atoms with Gasteiger partial charge in [0, 0.05) is 18.5 Å². The first kappa shape index (κ1) is 12.2. The molecule has 0 fully saturated rings. The van der Waals surface area contributed by atoms with Crippen LogP contribution in [0, 0.1) is 0 Å². The molecule has 0 bridgehead atoms.